The Balaban J connectivity index is 2.10. The van der Waals surface area contributed by atoms with Gasteiger partial charge in [0, 0.05) is 18.3 Å². The van der Waals surface area contributed by atoms with Gasteiger partial charge in [-0.15, -0.1) is 0 Å². The molecule has 0 unspecified atom stereocenters. The molecule has 21 heavy (non-hydrogen) atoms. The molecule has 4 nitrogen and oxygen atoms in total. The number of hydrogen-bond acceptors (Lipinski definition) is 3. The Morgan fingerprint density at radius 3 is 2.86 bits per heavy atom. The van der Waals surface area contributed by atoms with Crippen LogP contribution < -0.4 is 11.1 Å². The van der Waals surface area contributed by atoms with Gasteiger partial charge in [0.15, 0.2) is 0 Å². The predicted octanol–water partition coefficient (Wildman–Crippen LogP) is 1.63. The zero-order valence-electron chi connectivity index (χ0n) is 11.9. The smallest absolute Gasteiger partial charge is 0.270 e. The molecule has 1 aromatic heterocycles. The summed E-state index contributed by atoms with van der Waals surface area (Å²) in [5.41, 5.74) is 8.52. The Kier molecular flexibility index (Phi) is 5.08. The van der Waals surface area contributed by atoms with Crippen LogP contribution in [0.2, 0.25) is 0 Å². The molecule has 0 fully saturated rings. The van der Waals surface area contributed by atoms with Gasteiger partial charge in [0.2, 0.25) is 0 Å². The van der Waals surface area contributed by atoms with Gasteiger partial charge in [0.25, 0.3) is 5.91 Å². The zero-order valence-corrected chi connectivity index (χ0v) is 11.9. The molecule has 0 aliphatic heterocycles. The Morgan fingerprint density at radius 2 is 2.10 bits per heavy atom. The van der Waals surface area contributed by atoms with E-state index in [4.69, 9.17) is 5.73 Å². The summed E-state index contributed by atoms with van der Waals surface area (Å²) in [4.78, 5) is 16.2. The van der Waals surface area contributed by atoms with E-state index in [-0.39, 0.29) is 5.91 Å². The lowest BCUT2D eigenvalue weighted by Gasteiger charge is -2.08. The van der Waals surface area contributed by atoms with Gasteiger partial charge in [-0.1, -0.05) is 36.1 Å². The van der Waals surface area contributed by atoms with Crippen LogP contribution in [0.15, 0.2) is 42.6 Å². The van der Waals surface area contributed by atoms with Crippen LogP contribution in [0.25, 0.3) is 0 Å². The molecule has 4 heteroatoms. The van der Waals surface area contributed by atoms with Crippen LogP contribution in [0.5, 0.6) is 0 Å². The van der Waals surface area contributed by atoms with E-state index < -0.39 is 0 Å². The molecule has 1 aromatic carbocycles. The van der Waals surface area contributed by atoms with Crippen molar-refractivity contribution in [2.24, 2.45) is 5.73 Å². The highest BCUT2D eigenvalue weighted by Crippen LogP contribution is 2.08. The third kappa shape index (κ3) is 3.91. The summed E-state index contributed by atoms with van der Waals surface area (Å²) >= 11 is 0. The summed E-state index contributed by atoms with van der Waals surface area (Å²) < 4.78 is 0. The highest BCUT2D eigenvalue weighted by molar-refractivity contribution is 5.93. The molecular weight excluding hydrogens is 262 g/mol. The number of nitrogens with one attached hydrogen (secondary N) is 1. The maximum atomic E-state index is 12.1. The van der Waals surface area contributed by atoms with Crippen molar-refractivity contribution in [3.8, 4) is 11.8 Å². The topological polar surface area (TPSA) is 68.0 Å². The molecule has 0 radical (unpaired) electrons. The van der Waals surface area contributed by atoms with E-state index in [1.165, 1.54) is 0 Å². The second kappa shape index (κ2) is 7.22. The van der Waals surface area contributed by atoms with Crippen LogP contribution in [0, 0.1) is 18.8 Å². The van der Waals surface area contributed by atoms with Gasteiger partial charge in [-0.25, -0.2) is 0 Å². The largest absolute Gasteiger partial charge is 0.347 e. The van der Waals surface area contributed by atoms with Crippen LogP contribution in [0.1, 0.15) is 27.2 Å². The fourth-order valence-electron chi connectivity index (χ4n) is 1.93. The number of carbonyl (C=O) groups is 1. The molecule has 2 rings (SSSR count). The number of hydrogen-bond donors (Lipinski definition) is 2. The van der Waals surface area contributed by atoms with Gasteiger partial charge in [0.1, 0.15) is 5.69 Å². The molecule has 3 N–H and O–H groups in total. The van der Waals surface area contributed by atoms with Gasteiger partial charge in [-0.05, 0) is 30.2 Å². The quantitative estimate of drug-likeness (QED) is 0.839. The van der Waals surface area contributed by atoms with E-state index >= 15 is 0 Å². The lowest BCUT2D eigenvalue weighted by atomic mass is 10.1. The standard InChI is InChI=1S/C17H17N3O/c1-13-6-5-11-19-16(13)17(21)20-12-15-8-3-2-7-14(15)9-4-10-18/h2-3,5-8,11H,10,12,18H2,1H3,(H,20,21). The molecule has 0 saturated heterocycles. The third-order valence-electron chi connectivity index (χ3n) is 3.01. The number of amides is 1. The summed E-state index contributed by atoms with van der Waals surface area (Å²) in [6.45, 7) is 2.58. The van der Waals surface area contributed by atoms with Crippen LogP contribution in [-0.4, -0.2) is 17.4 Å². The Labute approximate surface area is 124 Å². The third-order valence-corrected chi connectivity index (χ3v) is 3.01. The summed E-state index contributed by atoms with van der Waals surface area (Å²) in [6.07, 6.45) is 1.61. The van der Waals surface area contributed by atoms with Gasteiger partial charge in [0.05, 0.1) is 6.54 Å². The average molecular weight is 279 g/mol. The van der Waals surface area contributed by atoms with Crippen molar-refractivity contribution in [2.45, 2.75) is 13.5 Å². The maximum Gasteiger partial charge on any atom is 0.270 e. The molecule has 1 heterocycles. The second-order valence-electron chi connectivity index (χ2n) is 4.51. The number of aryl methyl sites for hydroxylation is 1. The number of benzene rings is 1. The molecule has 106 valence electrons. The van der Waals surface area contributed by atoms with Crippen molar-refractivity contribution in [3.05, 3.63) is 65.0 Å². The van der Waals surface area contributed by atoms with Crippen molar-refractivity contribution >= 4 is 5.91 Å². The molecule has 0 aliphatic carbocycles. The maximum absolute atomic E-state index is 12.1. The van der Waals surface area contributed by atoms with Crippen molar-refractivity contribution < 1.29 is 4.79 Å². The monoisotopic (exact) mass is 279 g/mol. The first-order chi connectivity index (χ1) is 10.2. The van der Waals surface area contributed by atoms with Crippen LogP contribution in [0.3, 0.4) is 0 Å². The molecule has 2 aromatic rings. The first-order valence-corrected chi connectivity index (χ1v) is 6.69. The number of nitrogens with zero attached hydrogens (tertiary/aromatic N) is 1. The Morgan fingerprint density at radius 1 is 1.29 bits per heavy atom. The van der Waals surface area contributed by atoms with E-state index in [0.717, 1.165) is 16.7 Å². The normalized spacial score (nSPS) is 9.62. The van der Waals surface area contributed by atoms with Crippen LogP contribution >= 0.6 is 0 Å². The lowest BCUT2D eigenvalue weighted by molar-refractivity contribution is 0.0945. The minimum absolute atomic E-state index is 0.185. The average Bonchev–Trinajstić information content (AvgIpc) is 2.52. The minimum Gasteiger partial charge on any atom is -0.347 e. The number of rotatable bonds is 3. The van der Waals surface area contributed by atoms with Gasteiger partial charge in [-0.3, -0.25) is 9.78 Å². The van der Waals surface area contributed by atoms with Crippen molar-refractivity contribution in [3.63, 3.8) is 0 Å². The number of pyridine rings is 1. The molecule has 0 spiro atoms. The summed E-state index contributed by atoms with van der Waals surface area (Å²) in [7, 11) is 0. The van der Waals surface area contributed by atoms with Gasteiger partial charge in [-0.2, -0.15) is 0 Å². The fourth-order valence-corrected chi connectivity index (χ4v) is 1.93. The van der Waals surface area contributed by atoms with Crippen molar-refractivity contribution in [1.82, 2.24) is 10.3 Å². The summed E-state index contributed by atoms with van der Waals surface area (Å²) in [5.74, 6) is 5.65. The molecule has 0 saturated carbocycles. The minimum atomic E-state index is -0.185. The second-order valence-corrected chi connectivity index (χ2v) is 4.51. The number of aromatic nitrogens is 1. The SMILES string of the molecule is Cc1cccnc1C(=O)NCc1ccccc1C#CCN. The van der Waals surface area contributed by atoms with E-state index in [1.54, 1.807) is 6.20 Å². The number of nitrogens with two attached hydrogens (primary N) is 1. The zero-order chi connectivity index (χ0) is 15.1. The predicted molar refractivity (Wildman–Crippen MR) is 82.5 cm³/mol. The molecule has 0 bridgehead atoms. The van der Waals surface area contributed by atoms with E-state index in [9.17, 15) is 4.79 Å². The van der Waals surface area contributed by atoms with Gasteiger partial charge >= 0.3 is 0 Å². The van der Waals surface area contributed by atoms with Crippen molar-refractivity contribution in [1.29, 1.82) is 0 Å². The Bertz CT molecular complexity index is 698. The molecule has 1 amide bonds. The van der Waals surface area contributed by atoms with E-state index in [0.29, 0.717) is 18.8 Å². The van der Waals surface area contributed by atoms with E-state index in [1.807, 2.05) is 43.3 Å². The first-order valence-electron chi connectivity index (χ1n) is 6.69. The highest BCUT2D eigenvalue weighted by atomic mass is 16.1. The van der Waals surface area contributed by atoms with Crippen molar-refractivity contribution in [2.75, 3.05) is 6.54 Å². The van der Waals surface area contributed by atoms with Crippen LogP contribution in [0.4, 0.5) is 0 Å². The molecular formula is C17H17N3O. The highest BCUT2D eigenvalue weighted by Gasteiger charge is 2.10. The fraction of sp³-hybridized carbons (Fsp3) is 0.176. The summed E-state index contributed by atoms with van der Waals surface area (Å²) in [6, 6.07) is 11.4. The first kappa shape index (κ1) is 14.8. The molecule has 0 aliphatic rings. The number of carbonyl (C=O) groups excluding carboxylic acids is 1. The van der Waals surface area contributed by atoms with E-state index in [2.05, 4.69) is 22.1 Å². The Hall–Kier alpha value is -2.64. The molecule has 0 atom stereocenters. The lowest BCUT2D eigenvalue weighted by Crippen LogP contribution is -2.25. The van der Waals surface area contributed by atoms with Crippen LogP contribution in [-0.2, 0) is 6.54 Å². The summed E-state index contributed by atoms with van der Waals surface area (Å²) in [5, 5.41) is 2.87. The van der Waals surface area contributed by atoms with Gasteiger partial charge < -0.3 is 11.1 Å².